The summed E-state index contributed by atoms with van der Waals surface area (Å²) in [5.74, 6) is 1.55. The first-order chi connectivity index (χ1) is 7.34. The Hall–Kier alpha value is -1.46. The van der Waals surface area contributed by atoms with Crippen LogP contribution in [0.5, 0.6) is 0 Å². The van der Waals surface area contributed by atoms with Crippen molar-refractivity contribution in [2.24, 2.45) is 10.7 Å². The van der Waals surface area contributed by atoms with Gasteiger partial charge in [0.2, 0.25) is 0 Å². The molecule has 6 nitrogen and oxygen atoms in total. The smallest absolute Gasteiger partial charge is 0.174 e. The summed E-state index contributed by atoms with van der Waals surface area (Å²) in [7, 11) is 0. The van der Waals surface area contributed by atoms with Crippen LogP contribution >= 0.6 is 0 Å². The molecular formula is C9H16N6. The van der Waals surface area contributed by atoms with Crippen molar-refractivity contribution >= 4 is 5.84 Å². The van der Waals surface area contributed by atoms with E-state index in [9.17, 15) is 0 Å². The quantitative estimate of drug-likeness (QED) is 0.753. The molecule has 2 heterocycles. The van der Waals surface area contributed by atoms with Gasteiger partial charge in [0.05, 0.1) is 11.9 Å². The highest BCUT2D eigenvalue weighted by atomic mass is 15.5. The maximum atomic E-state index is 5.77. The average molecular weight is 208 g/mol. The first kappa shape index (κ1) is 10.1. The van der Waals surface area contributed by atoms with Gasteiger partial charge in [0.1, 0.15) is 0 Å². The Morgan fingerprint density at radius 3 is 3.13 bits per heavy atom. The number of H-pyrrole nitrogens is 1. The molecule has 0 radical (unpaired) electrons. The minimum absolute atomic E-state index is 0.339. The Balaban J connectivity index is 1.85. The number of nitrogens with zero attached hydrogens (tertiary/aromatic N) is 4. The molecule has 0 amide bonds. The molecule has 0 fully saturated rings. The second-order valence-electron chi connectivity index (χ2n) is 3.89. The standard InChI is InChI=1S/C9H16N6/c10-8-4-2-1-3-7(11-8)5-6-9-12-14-15-13-9/h7H,1-6H2,(H2,10,11)(H,12,13,14,15). The van der Waals surface area contributed by atoms with Crippen LogP contribution in [0.4, 0.5) is 0 Å². The van der Waals surface area contributed by atoms with Gasteiger partial charge in [0, 0.05) is 12.8 Å². The second kappa shape index (κ2) is 4.86. The number of tetrazole rings is 1. The second-order valence-corrected chi connectivity index (χ2v) is 3.89. The molecule has 0 spiro atoms. The molecule has 82 valence electrons. The van der Waals surface area contributed by atoms with E-state index in [-0.39, 0.29) is 0 Å². The molecule has 0 saturated carbocycles. The Kier molecular flexibility index (Phi) is 3.26. The number of aliphatic imine (C=N–C) groups is 1. The summed E-state index contributed by atoms with van der Waals surface area (Å²) < 4.78 is 0. The van der Waals surface area contributed by atoms with Gasteiger partial charge in [-0.15, -0.1) is 10.2 Å². The molecule has 1 aliphatic rings. The van der Waals surface area contributed by atoms with Crippen LogP contribution in [-0.2, 0) is 6.42 Å². The van der Waals surface area contributed by atoms with Gasteiger partial charge in [-0.05, 0) is 19.3 Å². The van der Waals surface area contributed by atoms with Gasteiger partial charge in [0.15, 0.2) is 5.82 Å². The molecule has 1 aromatic heterocycles. The summed E-state index contributed by atoms with van der Waals surface area (Å²) in [6.45, 7) is 0. The third-order valence-electron chi connectivity index (χ3n) is 2.66. The predicted octanol–water partition coefficient (Wildman–Crippen LogP) is 0.432. The van der Waals surface area contributed by atoms with E-state index in [0.717, 1.165) is 43.8 Å². The van der Waals surface area contributed by atoms with E-state index in [2.05, 4.69) is 25.6 Å². The van der Waals surface area contributed by atoms with Crippen molar-refractivity contribution in [2.45, 2.75) is 44.6 Å². The third kappa shape index (κ3) is 3.00. The first-order valence-electron chi connectivity index (χ1n) is 5.39. The molecule has 0 saturated heterocycles. The van der Waals surface area contributed by atoms with Crippen molar-refractivity contribution < 1.29 is 0 Å². The van der Waals surface area contributed by atoms with Crippen LogP contribution in [0.3, 0.4) is 0 Å². The zero-order valence-electron chi connectivity index (χ0n) is 8.69. The monoisotopic (exact) mass is 208 g/mol. The zero-order valence-corrected chi connectivity index (χ0v) is 8.69. The Bertz CT molecular complexity index is 317. The van der Waals surface area contributed by atoms with Crippen LogP contribution in [0.25, 0.3) is 0 Å². The highest BCUT2D eigenvalue weighted by Gasteiger charge is 2.12. The van der Waals surface area contributed by atoms with E-state index >= 15 is 0 Å². The third-order valence-corrected chi connectivity index (χ3v) is 2.66. The first-order valence-corrected chi connectivity index (χ1v) is 5.39. The van der Waals surface area contributed by atoms with Crippen molar-refractivity contribution in [3.8, 4) is 0 Å². The van der Waals surface area contributed by atoms with Gasteiger partial charge in [-0.2, -0.15) is 5.21 Å². The summed E-state index contributed by atoms with van der Waals surface area (Å²) in [4.78, 5) is 4.48. The lowest BCUT2D eigenvalue weighted by Crippen LogP contribution is -2.14. The van der Waals surface area contributed by atoms with Gasteiger partial charge < -0.3 is 5.73 Å². The molecule has 6 heteroatoms. The van der Waals surface area contributed by atoms with E-state index in [1.165, 1.54) is 6.42 Å². The topological polar surface area (TPSA) is 92.8 Å². The fourth-order valence-electron chi connectivity index (χ4n) is 1.84. The average Bonchev–Trinajstić information content (AvgIpc) is 2.65. The SMILES string of the molecule is NC1=NC(CCc2nn[nH]n2)CCCC1. The molecular weight excluding hydrogens is 192 g/mol. The van der Waals surface area contributed by atoms with Crippen LogP contribution in [0, 0.1) is 0 Å². The zero-order chi connectivity index (χ0) is 10.5. The number of nitrogens with one attached hydrogen (secondary N) is 1. The van der Waals surface area contributed by atoms with Crippen LogP contribution in [0.1, 0.15) is 37.9 Å². The lowest BCUT2D eigenvalue weighted by molar-refractivity contribution is 0.547. The molecule has 2 rings (SSSR count). The van der Waals surface area contributed by atoms with Crippen molar-refractivity contribution in [1.82, 2.24) is 20.6 Å². The van der Waals surface area contributed by atoms with Crippen molar-refractivity contribution in [1.29, 1.82) is 0 Å². The molecule has 1 aromatic rings. The number of aromatic nitrogens is 4. The fraction of sp³-hybridized carbons (Fsp3) is 0.778. The summed E-state index contributed by atoms with van der Waals surface area (Å²) in [5, 5.41) is 13.8. The predicted molar refractivity (Wildman–Crippen MR) is 56.4 cm³/mol. The number of hydrogen-bond acceptors (Lipinski definition) is 5. The highest BCUT2D eigenvalue weighted by molar-refractivity contribution is 5.80. The van der Waals surface area contributed by atoms with Crippen molar-refractivity contribution in [2.75, 3.05) is 0 Å². The van der Waals surface area contributed by atoms with Gasteiger partial charge in [-0.1, -0.05) is 11.6 Å². The normalized spacial score (nSPS) is 22.1. The van der Waals surface area contributed by atoms with Crippen LogP contribution in [0.2, 0.25) is 0 Å². The summed E-state index contributed by atoms with van der Waals surface area (Å²) in [6, 6.07) is 0.339. The minimum Gasteiger partial charge on any atom is -0.387 e. The maximum Gasteiger partial charge on any atom is 0.174 e. The van der Waals surface area contributed by atoms with Gasteiger partial charge in [-0.25, -0.2) is 0 Å². The fourth-order valence-corrected chi connectivity index (χ4v) is 1.84. The molecule has 0 aromatic carbocycles. The number of amidine groups is 1. The van der Waals surface area contributed by atoms with Crippen LogP contribution < -0.4 is 5.73 Å². The van der Waals surface area contributed by atoms with E-state index in [1.54, 1.807) is 0 Å². The summed E-state index contributed by atoms with van der Waals surface area (Å²) in [6.07, 6.45) is 6.21. The van der Waals surface area contributed by atoms with E-state index in [1.807, 2.05) is 0 Å². The Morgan fingerprint density at radius 1 is 1.40 bits per heavy atom. The molecule has 15 heavy (non-hydrogen) atoms. The van der Waals surface area contributed by atoms with Crippen molar-refractivity contribution in [3.05, 3.63) is 5.82 Å². The number of nitrogens with two attached hydrogens (primary N) is 1. The number of hydrogen-bond donors (Lipinski definition) is 2. The molecule has 0 bridgehead atoms. The number of rotatable bonds is 3. The summed E-state index contributed by atoms with van der Waals surface area (Å²) >= 11 is 0. The Labute approximate surface area is 88.4 Å². The Morgan fingerprint density at radius 2 is 2.33 bits per heavy atom. The molecule has 3 N–H and O–H groups in total. The number of aryl methyl sites for hydroxylation is 1. The molecule has 1 atom stereocenters. The molecule has 1 aliphatic heterocycles. The largest absolute Gasteiger partial charge is 0.387 e. The maximum absolute atomic E-state index is 5.77. The van der Waals surface area contributed by atoms with E-state index in [4.69, 9.17) is 5.73 Å². The van der Waals surface area contributed by atoms with Gasteiger partial charge >= 0.3 is 0 Å². The minimum atomic E-state index is 0.339. The van der Waals surface area contributed by atoms with E-state index in [0.29, 0.717) is 6.04 Å². The number of aromatic amines is 1. The van der Waals surface area contributed by atoms with Gasteiger partial charge in [0.25, 0.3) is 0 Å². The lowest BCUT2D eigenvalue weighted by atomic mass is 10.1. The molecule has 0 aliphatic carbocycles. The van der Waals surface area contributed by atoms with Crippen LogP contribution in [0.15, 0.2) is 4.99 Å². The highest BCUT2D eigenvalue weighted by Crippen LogP contribution is 2.16. The van der Waals surface area contributed by atoms with Gasteiger partial charge in [-0.3, -0.25) is 4.99 Å². The summed E-state index contributed by atoms with van der Waals surface area (Å²) in [5.41, 5.74) is 5.77. The van der Waals surface area contributed by atoms with Crippen molar-refractivity contribution in [3.63, 3.8) is 0 Å². The van der Waals surface area contributed by atoms with Crippen LogP contribution in [-0.4, -0.2) is 32.5 Å². The molecule has 1 unspecified atom stereocenters. The van der Waals surface area contributed by atoms with E-state index < -0.39 is 0 Å². The lowest BCUT2D eigenvalue weighted by Gasteiger charge is -2.08.